The third kappa shape index (κ3) is 3.23. The maximum atomic E-state index is 10.00. The molecule has 9 atom stereocenters. The van der Waals surface area contributed by atoms with Crippen molar-refractivity contribution in [3.05, 3.63) is 0 Å². The number of ether oxygens (including phenoxy) is 3. The van der Waals surface area contributed by atoms with Crippen LogP contribution < -0.4 is 0 Å². The van der Waals surface area contributed by atoms with E-state index in [2.05, 4.69) is 0 Å². The van der Waals surface area contributed by atoms with Crippen molar-refractivity contribution in [3.8, 4) is 0 Å². The molecular formula is C12H22O11. The molecule has 0 aromatic heterocycles. The molecule has 136 valence electrons. The summed E-state index contributed by atoms with van der Waals surface area (Å²) in [7, 11) is 0. The highest BCUT2D eigenvalue weighted by Gasteiger charge is 2.58. The third-order valence-corrected chi connectivity index (χ3v) is 4.07. The number of aliphatic hydroxyl groups is 8. The van der Waals surface area contributed by atoms with E-state index in [1.54, 1.807) is 0 Å². The van der Waals surface area contributed by atoms with Crippen LogP contribution in [0, 0.1) is 0 Å². The topological polar surface area (TPSA) is 190 Å². The summed E-state index contributed by atoms with van der Waals surface area (Å²) in [5.74, 6) is -2.22. The van der Waals surface area contributed by atoms with Gasteiger partial charge in [0, 0.05) is 0 Å². The van der Waals surface area contributed by atoms with Gasteiger partial charge in [-0.1, -0.05) is 0 Å². The summed E-state index contributed by atoms with van der Waals surface area (Å²) in [6.07, 6.45) is -12.7. The smallest absolute Gasteiger partial charge is 0.224 e. The Hall–Kier alpha value is -0.440. The summed E-state index contributed by atoms with van der Waals surface area (Å²) < 4.78 is 15.4. The van der Waals surface area contributed by atoms with Gasteiger partial charge in [0.1, 0.15) is 49.3 Å². The molecule has 3 unspecified atom stereocenters. The van der Waals surface area contributed by atoms with Crippen molar-refractivity contribution in [2.24, 2.45) is 0 Å². The molecule has 8 N–H and O–H groups in total. The highest BCUT2D eigenvalue weighted by Crippen LogP contribution is 2.35. The molecular weight excluding hydrogens is 320 g/mol. The summed E-state index contributed by atoms with van der Waals surface area (Å²) in [4.78, 5) is 0. The van der Waals surface area contributed by atoms with Crippen molar-refractivity contribution >= 4 is 0 Å². The maximum Gasteiger partial charge on any atom is 0.224 e. The first-order chi connectivity index (χ1) is 10.8. The second-order valence-corrected chi connectivity index (χ2v) is 5.56. The van der Waals surface area contributed by atoms with Crippen LogP contribution in [-0.4, -0.2) is 115 Å². The van der Waals surface area contributed by atoms with Gasteiger partial charge >= 0.3 is 0 Å². The van der Waals surface area contributed by atoms with Gasteiger partial charge in [0.15, 0.2) is 6.29 Å². The van der Waals surface area contributed by atoms with Gasteiger partial charge in [-0.3, -0.25) is 0 Å². The molecule has 0 aliphatic carbocycles. The number of hydrogen-bond donors (Lipinski definition) is 8. The lowest BCUT2D eigenvalue weighted by Gasteiger charge is -2.43. The van der Waals surface area contributed by atoms with Crippen molar-refractivity contribution in [2.45, 2.75) is 54.8 Å². The molecule has 0 spiro atoms. The molecule has 23 heavy (non-hydrogen) atoms. The minimum Gasteiger partial charge on any atom is -0.394 e. The summed E-state index contributed by atoms with van der Waals surface area (Å²) in [5, 5.41) is 76.7. The fraction of sp³-hybridized carbons (Fsp3) is 1.00. The Labute approximate surface area is 130 Å². The first kappa shape index (κ1) is 18.9. The van der Waals surface area contributed by atoms with E-state index in [-0.39, 0.29) is 0 Å². The maximum absolute atomic E-state index is 10.00. The van der Waals surface area contributed by atoms with Crippen molar-refractivity contribution in [2.75, 3.05) is 19.8 Å². The molecule has 0 aromatic carbocycles. The zero-order valence-electron chi connectivity index (χ0n) is 12.0. The van der Waals surface area contributed by atoms with Gasteiger partial charge in [-0.05, 0) is 0 Å². The lowest BCUT2D eigenvalue weighted by atomic mass is 9.99. The molecule has 2 fully saturated rings. The van der Waals surface area contributed by atoms with Crippen LogP contribution in [0.3, 0.4) is 0 Å². The Bertz CT molecular complexity index is 393. The van der Waals surface area contributed by atoms with Crippen LogP contribution in [0.2, 0.25) is 0 Å². The normalized spacial score (nSPS) is 51.1. The Morgan fingerprint density at radius 1 is 0.783 bits per heavy atom. The first-order valence-corrected chi connectivity index (χ1v) is 7.05. The van der Waals surface area contributed by atoms with E-state index < -0.39 is 74.6 Å². The van der Waals surface area contributed by atoms with Crippen molar-refractivity contribution in [3.63, 3.8) is 0 Å². The minimum atomic E-state index is -2.22. The molecule has 2 rings (SSSR count). The Kier molecular flexibility index (Phi) is 5.92. The third-order valence-electron chi connectivity index (χ3n) is 4.07. The molecule has 2 aliphatic heterocycles. The molecule has 0 aromatic rings. The van der Waals surface area contributed by atoms with E-state index >= 15 is 0 Å². The van der Waals surface area contributed by atoms with E-state index in [0.717, 1.165) is 0 Å². The van der Waals surface area contributed by atoms with Crippen molar-refractivity contribution in [1.29, 1.82) is 0 Å². The molecule has 0 bridgehead atoms. The first-order valence-electron chi connectivity index (χ1n) is 7.05. The Morgan fingerprint density at radius 3 is 1.87 bits per heavy atom. The fourth-order valence-corrected chi connectivity index (χ4v) is 2.63. The predicted octanol–water partition coefficient (Wildman–Crippen LogP) is -5.40. The second-order valence-electron chi connectivity index (χ2n) is 5.56. The van der Waals surface area contributed by atoms with E-state index in [9.17, 15) is 30.6 Å². The van der Waals surface area contributed by atoms with Crippen LogP contribution in [0.5, 0.6) is 0 Å². The van der Waals surface area contributed by atoms with Crippen molar-refractivity contribution < 1.29 is 55.1 Å². The average Bonchev–Trinajstić information content (AvgIpc) is 2.80. The number of aliphatic hydroxyl groups excluding tert-OH is 8. The second kappa shape index (κ2) is 7.21. The van der Waals surface area contributed by atoms with Crippen LogP contribution in [0.15, 0.2) is 0 Å². The zero-order valence-corrected chi connectivity index (χ0v) is 12.0. The predicted molar refractivity (Wildman–Crippen MR) is 68.6 cm³/mol. The zero-order chi connectivity index (χ0) is 17.4. The van der Waals surface area contributed by atoms with E-state index in [0.29, 0.717) is 0 Å². The lowest BCUT2D eigenvalue weighted by Crippen LogP contribution is -2.62. The highest BCUT2D eigenvalue weighted by molar-refractivity contribution is 4.98. The summed E-state index contributed by atoms with van der Waals surface area (Å²) >= 11 is 0. The van der Waals surface area contributed by atoms with Gasteiger partial charge in [0.05, 0.1) is 13.2 Å². The van der Waals surface area contributed by atoms with Crippen LogP contribution in [-0.2, 0) is 14.2 Å². The van der Waals surface area contributed by atoms with Crippen LogP contribution in [0.4, 0.5) is 0 Å². The monoisotopic (exact) mass is 342 g/mol. The Balaban J connectivity index is 2.18. The molecule has 2 saturated heterocycles. The number of rotatable bonds is 5. The standard InChI is InChI=1S/C12H22O11/c13-1-4-6(16)8(18)9(19)11(21-4)23-12(3-15)10(20)7(17)5(2-14)22-12/h4-11,13-20H,1-3H2/t4-,5-,6?,7-,8?,9?,10+,11-,12+/m1/s1. The van der Waals surface area contributed by atoms with Gasteiger partial charge in [-0.15, -0.1) is 0 Å². The van der Waals surface area contributed by atoms with E-state index in [4.69, 9.17) is 24.4 Å². The molecule has 0 saturated carbocycles. The fourth-order valence-electron chi connectivity index (χ4n) is 2.63. The molecule has 0 amide bonds. The van der Waals surface area contributed by atoms with Gasteiger partial charge in [0.2, 0.25) is 5.79 Å². The van der Waals surface area contributed by atoms with Gasteiger partial charge in [-0.25, -0.2) is 0 Å². The average molecular weight is 342 g/mol. The summed E-state index contributed by atoms with van der Waals surface area (Å²) in [6, 6.07) is 0. The van der Waals surface area contributed by atoms with Crippen LogP contribution in [0.25, 0.3) is 0 Å². The van der Waals surface area contributed by atoms with Gasteiger partial charge in [-0.2, -0.15) is 0 Å². The quantitative estimate of drug-likeness (QED) is 0.238. The SMILES string of the molecule is OC[C@H]1O[C@H](O[C@]2(CO)O[C@H](CO)[C@@H](O)[C@@H]2O)C(O)C(O)C1O. The largest absolute Gasteiger partial charge is 0.394 e. The molecule has 2 heterocycles. The van der Waals surface area contributed by atoms with Crippen LogP contribution >= 0.6 is 0 Å². The summed E-state index contributed by atoms with van der Waals surface area (Å²) in [5.41, 5.74) is 0. The van der Waals surface area contributed by atoms with Crippen LogP contribution in [0.1, 0.15) is 0 Å². The van der Waals surface area contributed by atoms with E-state index in [1.807, 2.05) is 0 Å². The molecule has 2 aliphatic rings. The molecule has 11 nitrogen and oxygen atoms in total. The van der Waals surface area contributed by atoms with Crippen molar-refractivity contribution in [1.82, 2.24) is 0 Å². The number of hydrogen-bond acceptors (Lipinski definition) is 11. The minimum absolute atomic E-state index is 0.669. The lowest BCUT2D eigenvalue weighted by molar-refractivity contribution is -0.383. The highest BCUT2D eigenvalue weighted by atomic mass is 16.8. The molecule has 11 heteroatoms. The van der Waals surface area contributed by atoms with Gasteiger partial charge in [0.25, 0.3) is 0 Å². The molecule has 0 radical (unpaired) electrons. The Morgan fingerprint density at radius 2 is 1.39 bits per heavy atom. The van der Waals surface area contributed by atoms with E-state index in [1.165, 1.54) is 0 Å². The van der Waals surface area contributed by atoms with Gasteiger partial charge < -0.3 is 55.1 Å². The summed E-state index contributed by atoms with van der Waals surface area (Å²) in [6.45, 7) is -2.32.